The lowest BCUT2D eigenvalue weighted by Gasteiger charge is -2.28. The molecule has 2 aromatic rings. The highest BCUT2D eigenvalue weighted by Crippen LogP contribution is 2.22. The standard InChI is InChI=1S/C18H24N2O5S/c1-18(2,3)19-17(21)20(13-15-9-7-11-24-15)12-14-8-5-6-10-16(14)25-26(4,22)23/h5-11H,12-13H2,1-4H3,(H,19,21). The Labute approximate surface area is 154 Å². The molecule has 0 spiro atoms. The van der Waals surface area contributed by atoms with Gasteiger partial charge in [-0.15, -0.1) is 0 Å². The molecule has 0 aliphatic carbocycles. The van der Waals surface area contributed by atoms with E-state index in [-0.39, 0.29) is 24.9 Å². The van der Waals surface area contributed by atoms with Crippen LogP contribution in [0.4, 0.5) is 4.79 Å². The molecule has 1 aromatic carbocycles. The molecule has 0 saturated heterocycles. The lowest BCUT2D eigenvalue weighted by Crippen LogP contribution is -2.47. The summed E-state index contributed by atoms with van der Waals surface area (Å²) in [6, 6.07) is 9.95. The predicted octanol–water partition coefficient (Wildman–Crippen LogP) is 3.13. The van der Waals surface area contributed by atoms with Crippen molar-refractivity contribution in [3.05, 3.63) is 54.0 Å². The highest BCUT2D eigenvalue weighted by atomic mass is 32.2. The average molecular weight is 380 g/mol. The van der Waals surface area contributed by atoms with Gasteiger partial charge in [0.25, 0.3) is 0 Å². The van der Waals surface area contributed by atoms with Crippen molar-refractivity contribution in [3.63, 3.8) is 0 Å². The van der Waals surface area contributed by atoms with Gasteiger partial charge in [0.2, 0.25) is 0 Å². The molecular weight excluding hydrogens is 356 g/mol. The molecule has 0 aliphatic rings. The quantitative estimate of drug-likeness (QED) is 0.778. The van der Waals surface area contributed by atoms with Gasteiger partial charge < -0.3 is 18.8 Å². The molecule has 0 radical (unpaired) electrons. The number of urea groups is 1. The highest BCUT2D eigenvalue weighted by Gasteiger charge is 2.22. The lowest BCUT2D eigenvalue weighted by molar-refractivity contribution is 0.178. The van der Waals surface area contributed by atoms with Crippen LogP contribution in [0.2, 0.25) is 0 Å². The van der Waals surface area contributed by atoms with E-state index in [0.717, 1.165) is 6.26 Å². The summed E-state index contributed by atoms with van der Waals surface area (Å²) >= 11 is 0. The van der Waals surface area contributed by atoms with Crippen molar-refractivity contribution in [1.29, 1.82) is 0 Å². The van der Waals surface area contributed by atoms with Crippen LogP contribution < -0.4 is 9.50 Å². The molecule has 26 heavy (non-hydrogen) atoms. The zero-order chi connectivity index (χ0) is 19.4. The Morgan fingerprint density at radius 1 is 1.15 bits per heavy atom. The monoisotopic (exact) mass is 380 g/mol. The van der Waals surface area contributed by atoms with Crippen molar-refractivity contribution < 1.29 is 21.8 Å². The summed E-state index contributed by atoms with van der Waals surface area (Å²) in [5.74, 6) is 0.818. The summed E-state index contributed by atoms with van der Waals surface area (Å²) in [4.78, 5) is 14.2. The van der Waals surface area contributed by atoms with Crippen LogP contribution in [0.3, 0.4) is 0 Å². The van der Waals surface area contributed by atoms with E-state index in [4.69, 9.17) is 8.60 Å². The molecular formula is C18H24N2O5S. The van der Waals surface area contributed by atoms with Crippen LogP contribution in [0.15, 0.2) is 47.1 Å². The maximum atomic E-state index is 12.7. The number of hydrogen-bond donors (Lipinski definition) is 1. The van der Waals surface area contributed by atoms with Gasteiger partial charge >= 0.3 is 16.1 Å². The number of furan rings is 1. The fourth-order valence-electron chi connectivity index (χ4n) is 2.27. The number of nitrogens with zero attached hydrogens (tertiary/aromatic N) is 1. The molecule has 1 heterocycles. The average Bonchev–Trinajstić information content (AvgIpc) is 2.98. The number of nitrogens with one attached hydrogen (secondary N) is 1. The molecule has 2 rings (SSSR count). The Bertz CT molecular complexity index is 839. The highest BCUT2D eigenvalue weighted by molar-refractivity contribution is 7.86. The van der Waals surface area contributed by atoms with Gasteiger partial charge in [-0.3, -0.25) is 0 Å². The van der Waals surface area contributed by atoms with Crippen molar-refractivity contribution in [3.8, 4) is 5.75 Å². The van der Waals surface area contributed by atoms with E-state index >= 15 is 0 Å². The van der Waals surface area contributed by atoms with Crippen molar-refractivity contribution >= 4 is 16.1 Å². The third kappa shape index (κ3) is 6.44. The van der Waals surface area contributed by atoms with E-state index in [0.29, 0.717) is 11.3 Å². The molecule has 0 atom stereocenters. The first kappa shape index (κ1) is 19.8. The SMILES string of the molecule is CC(C)(C)NC(=O)N(Cc1ccco1)Cc1ccccc1OS(C)(=O)=O. The smallest absolute Gasteiger partial charge is 0.318 e. The fraction of sp³-hybridized carbons (Fsp3) is 0.389. The van der Waals surface area contributed by atoms with Gasteiger partial charge in [-0.25, -0.2) is 4.79 Å². The lowest BCUT2D eigenvalue weighted by atomic mass is 10.1. The molecule has 142 valence electrons. The van der Waals surface area contributed by atoms with Gasteiger partial charge in [-0.05, 0) is 39.0 Å². The van der Waals surface area contributed by atoms with Gasteiger partial charge in [-0.2, -0.15) is 8.42 Å². The first-order valence-corrected chi connectivity index (χ1v) is 9.92. The Balaban J connectivity index is 2.27. The van der Waals surface area contributed by atoms with Crippen LogP contribution in [-0.4, -0.2) is 31.1 Å². The van der Waals surface area contributed by atoms with Gasteiger partial charge in [0.05, 0.1) is 25.6 Å². The Morgan fingerprint density at radius 3 is 2.42 bits per heavy atom. The molecule has 8 heteroatoms. The van der Waals surface area contributed by atoms with Gasteiger partial charge in [0, 0.05) is 11.1 Å². The second-order valence-electron chi connectivity index (χ2n) is 7.01. The summed E-state index contributed by atoms with van der Waals surface area (Å²) in [7, 11) is -3.67. The minimum atomic E-state index is -3.67. The number of benzene rings is 1. The van der Waals surface area contributed by atoms with Crippen LogP contribution in [0.25, 0.3) is 0 Å². The number of carbonyl (C=O) groups excluding carboxylic acids is 1. The van der Waals surface area contributed by atoms with Gasteiger partial charge in [-0.1, -0.05) is 18.2 Å². The topological polar surface area (TPSA) is 88.8 Å². The zero-order valence-electron chi connectivity index (χ0n) is 15.4. The maximum Gasteiger partial charge on any atom is 0.318 e. The van der Waals surface area contributed by atoms with Gasteiger partial charge in [0.1, 0.15) is 11.5 Å². The van der Waals surface area contributed by atoms with E-state index in [9.17, 15) is 13.2 Å². The molecule has 1 N–H and O–H groups in total. The number of hydrogen-bond acceptors (Lipinski definition) is 5. The third-order valence-corrected chi connectivity index (χ3v) is 3.75. The van der Waals surface area contributed by atoms with E-state index < -0.39 is 15.7 Å². The van der Waals surface area contributed by atoms with Crippen LogP contribution in [0.5, 0.6) is 5.75 Å². The minimum Gasteiger partial charge on any atom is -0.467 e. The number of para-hydroxylation sites is 1. The van der Waals surface area contributed by atoms with E-state index in [1.54, 1.807) is 36.4 Å². The molecule has 0 saturated carbocycles. The fourth-order valence-corrected chi connectivity index (χ4v) is 2.76. The van der Waals surface area contributed by atoms with Crippen molar-refractivity contribution in [2.45, 2.75) is 39.4 Å². The largest absolute Gasteiger partial charge is 0.467 e. The molecule has 0 bridgehead atoms. The van der Waals surface area contributed by atoms with E-state index in [1.165, 1.54) is 11.2 Å². The maximum absolute atomic E-state index is 12.7. The van der Waals surface area contributed by atoms with Crippen LogP contribution >= 0.6 is 0 Å². The van der Waals surface area contributed by atoms with E-state index in [1.807, 2.05) is 20.8 Å². The third-order valence-electron chi connectivity index (χ3n) is 3.27. The molecule has 0 aliphatic heterocycles. The van der Waals surface area contributed by atoms with Crippen LogP contribution in [-0.2, 0) is 23.2 Å². The summed E-state index contributed by atoms with van der Waals surface area (Å²) in [6.45, 7) is 6.06. The first-order chi connectivity index (χ1) is 12.0. The number of amides is 2. The Morgan fingerprint density at radius 2 is 1.85 bits per heavy atom. The van der Waals surface area contributed by atoms with Crippen LogP contribution in [0, 0.1) is 0 Å². The number of carbonyl (C=O) groups is 1. The second-order valence-corrected chi connectivity index (χ2v) is 8.59. The van der Waals surface area contributed by atoms with Gasteiger partial charge in [0.15, 0.2) is 0 Å². The molecule has 2 amide bonds. The molecule has 1 aromatic heterocycles. The zero-order valence-corrected chi connectivity index (χ0v) is 16.2. The predicted molar refractivity (Wildman–Crippen MR) is 98.2 cm³/mol. The summed E-state index contributed by atoms with van der Waals surface area (Å²) in [5.41, 5.74) is 0.162. The Hall–Kier alpha value is -2.48. The van der Waals surface area contributed by atoms with Crippen molar-refractivity contribution in [2.75, 3.05) is 6.26 Å². The first-order valence-electron chi connectivity index (χ1n) is 8.10. The van der Waals surface area contributed by atoms with E-state index in [2.05, 4.69) is 5.32 Å². The summed E-state index contributed by atoms with van der Waals surface area (Å²) in [6.07, 6.45) is 2.52. The van der Waals surface area contributed by atoms with Crippen molar-refractivity contribution in [1.82, 2.24) is 10.2 Å². The second kappa shape index (κ2) is 7.82. The Kier molecular flexibility index (Phi) is 5.97. The molecule has 0 unspecified atom stereocenters. The molecule has 0 fully saturated rings. The summed E-state index contributed by atoms with van der Waals surface area (Å²) in [5, 5.41) is 2.91. The van der Waals surface area contributed by atoms with Crippen LogP contribution in [0.1, 0.15) is 32.1 Å². The normalized spacial score (nSPS) is 11.8. The molecule has 7 nitrogen and oxygen atoms in total. The van der Waals surface area contributed by atoms with Crippen molar-refractivity contribution in [2.24, 2.45) is 0 Å². The number of rotatable bonds is 6. The minimum absolute atomic E-state index is 0.161. The summed E-state index contributed by atoms with van der Waals surface area (Å²) < 4.78 is 33.4.